The summed E-state index contributed by atoms with van der Waals surface area (Å²) in [5.41, 5.74) is 6.83. The van der Waals surface area contributed by atoms with Crippen LogP contribution in [0.2, 0.25) is 0 Å². The molecule has 0 heterocycles. The average molecular weight is 184 g/mol. The number of rotatable bonds is 1. The second-order valence-corrected chi connectivity index (χ2v) is 5.68. The molecule has 12 heavy (non-hydrogen) atoms. The lowest BCUT2D eigenvalue weighted by Crippen LogP contribution is -3.07. The zero-order chi connectivity index (χ0) is 7.12. The quantitative estimate of drug-likeness (QED) is 0.648. The van der Waals surface area contributed by atoms with E-state index in [1.807, 2.05) is 0 Å². The van der Waals surface area contributed by atoms with Gasteiger partial charge in [0.05, 0.1) is 0 Å². The van der Waals surface area contributed by atoms with Crippen molar-refractivity contribution in [1.82, 2.24) is 0 Å². The first-order chi connectivity index (χ1) is 5.31. The van der Waals surface area contributed by atoms with Gasteiger partial charge < -0.3 is 5.73 Å². The lowest BCUT2D eigenvalue weighted by molar-refractivity contribution is -0.617. The van der Waals surface area contributed by atoms with Crippen LogP contribution >= 0.6 is 12.4 Å². The lowest BCUT2D eigenvalue weighted by Gasteiger charge is -3.08. The molecule has 2 N–H and O–H groups in total. The van der Waals surface area contributed by atoms with Crippen LogP contribution in [0.3, 0.4) is 0 Å². The van der Waals surface area contributed by atoms with E-state index >= 15 is 0 Å². The second-order valence-electron chi connectivity index (χ2n) is 5.68. The fourth-order valence-electron chi connectivity index (χ4n) is 6.43. The molecule has 0 aliphatic heterocycles. The largest absolute Gasteiger partial charge is 0.327 e. The maximum absolute atomic E-state index is 6.09. The standard InChI is InChI=1S/C10H13N.ClH/c1-2(11)10-7-4-3-5(7)9(10)6(3)8(4)10;/h2-9H,11H2,1H3;1H/t2-,3?,4?,5?,6?,7?,8?,9?,10?;/m0./s1. The molecular weight excluding hydrogens is 170 g/mol. The summed E-state index contributed by atoms with van der Waals surface area (Å²) >= 11 is 0. The Kier molecular flexibility index (Phi) is 0.718. The third kappa shape index (κ3) is 0.242. The Hall–Kier alpha value is 0.250. The van der Waals surface area contributed by atoms with Crippen LogP contribution in [-0.2, 0) is 0 Å². The number of halogens is 1. The van der Waals surface area contributed by atoms with Gasteiger partial charge in [0.25, 0.3) is 0 Å². The van der Waals surface area contributed by atoms with Crippen molar-refractivity contribution in [2.75, 3.05) is 0 Å². The minimum absolute atomic E-state index is 0. The molecule has 6 aliphatic carbocycles. The van der Waals surface area contributed by atoms with Gasteiger partial charge in [-0.3, -0.25) is 0 Å². The second kappa shape index (κ2) is 1.29. The maximum atomic E-state index is 6.09. The predicted octanol–water partition coefficient (Wildman–Crippen LogP) is 1.12. The van der Waals surface area contributed by atoms with Crippen LogP contribution in [0.1, 0.15) is 6.92 Å². The van der Waals surface area contributed by atoms with Crippen LogP contribution in [0, 0.1) is 46.8 Å². The van der Waals surface area contributed by atoms with Crippen molar-refractivity contribution in [1.29, 1.82) is 0 Å². The van der Waals surface area contributed by atoms with Crippen molar-refractivity contribution in [2.45, 2.75) is 13.0 Å². The van der Waals surface area contributed by atoms with E-state index in [0.29, 0.717) is 6.04 Å². The van der Waals surface area contributed by atoms with E-state index in [1.54, 1.807) is 0 Å². The van der Waals surface area contributed by atoms with E-state index in [1.165, 1.54) is 23.7 Å². The molecule has 6 fully saturated rings. The van der Waals surface area contributed by atoms with Gasteiger partial charge in [-0.25, -0.2) is 0 Å². The molecule has 0 aromatic rings. The van der Waals surface area contributed by atoms with Gasteiger partial charge in [0.1, 0.15) is 0 Å². The number of hydrogen-bond donors (Lipinski definition) is 1. The lowest BCUT2D eigenvalue weighted by atomic mass is 8.96. The Morgan fingerprint density at radius 1 is 1.00 bits per heavy atom. The molecule has 0 aromatic carbocycles. The minimum atomic E-state index is 0. The van der Waals surface area contributed by atoms with Crippen molar-refractivity contribution in [3.05, 3.63) is 0 Å². The van der Waals surface area contributed by atoms with Gasteiger partial charge in [0.15, 0.2) is 0 Å². The van der Waals surface area contributed by atoms with Gasteiger partial charge in [-0.1, -0.05) is 0 Å². The molecule has 0 unspecified atom stereocenters. The van der Waals surface area contributed by atoms with Gasteiger partial charge >= 0.3 is 0 Å². The monoisotopic (exact) mass is 183 g/mol. The van der Waals surface area contributed by atoms with E-state index in [-0.39, 0.29) is 12.4 Å². The molecule has 1 atom stereocenters. The number of nitrogens with two attached hydrogens (primary N) is 1. The first-order valence-electron chi connectivity index (χ1n) is 5.07. The SMILES string of the molecule is C[C@H](N)C12C3C4C5C3C1C5C42.Cl. The maximum Gasteiger partial charge on any atom is 0.00756 e. The summed E-state index contributed by atoms with van der Waals surface area (Å²) in [6, 6.07) is 0.521. The Labute approximate surface area is 78.5 Å². The van der Waals surface area contributed by atoms with Crippen molar-refractivity contribution < 1.29 is 0 Å². The summed E-state index contributed by atoms with van der Waals surface area (Å²) in [4.78, 5) is 0. The third-order valence-corrected chi connectivity index (χ3v) is 6.34. The summed E-state index contributed by atoms with van der Waals surface area (Å²) in [7, 11) is 0. The molecule has 6 aliphatic rings. The van der Waals surface area contributed by atoms with Crippen LogP contribution in [-0.4, -0.2) is 6.04 Å². The first kappa shape index (κ1) is 6.67. The van der Waals surface area contributed by atoms with Gasteiger partial charge in [-0.05, 0) is 53.8 Å². The van der Waals surface area contributed by atoms with Crippen LogP contribution < -0.4 is 5.73 Å². The molecule has 0 spiro atoms. The summed E-state index contributed by atoms with van der Waals surface area (Å²) in [5, 5.41) is 0. The van der Waals surface area contributed by atoms with E-state index in [2.05, 4.69) is 6.92 Å². The highest BCUT2D eigenvalue weighted by molar-refractivity contribution is 5.85. The molecule has 6 rings (SSSR count). The molecule has 6 saturated carbocycles. The Bertz CT molecular complexity index is 247. The molecule has 0 aromatic heterocycles. The molecule has 0 radical (unpaired) electrons. The zero-order valence-electron chi connectivity index (χ0n) is 7.10. The Morgan fingerprint density at radius 3 is 1.67 bits per heavy atom. The molecule has 1 nitrogen and oxygen atoms in total. The van der Waals surface area contributed by atoms with E-state index in [4.69, 9.17) is 5.73 Å². The number of hydrogen-bond acceptors (Lipinski definition) is 1. The topological polar surface area (TPSA) is 26.0 Å². The van der Waals surface area contributed by atoms with Gasteiger partial charge in [0.2, 0.25) is 0 Å². The van der Waals surface area contributed by atoms with Crippen LogP contribution in [0.4, 0.5) is 0 Å². The fourth-order valence-corrected chi connectivity index (χ4v) is 6.43. The van der Waals surface area contributed by atoms with E-state index in [9.17, 15) is 0 Å². The molecule has 0 amide bonds. The Balaban J connectivity index is 0.000000450. The summed E-state index contributed by atoms with van der Waals surface area (Å²) in [6.45, 7) is 2.25. The van der Waals surface area contributed by atoms with E-state index in [0.717, 1.165) is 23.2 Å². The van der Waals surface area contributed by atoms with Crippen molar-refractivity contribution >= 4 is 12.4 Å². The summed E-state index contributed by atoms with van der Waals surface area (Å²) in [5.74, 6) is 8.31. The van der Waals surface area contributed by atoms with Crippen LogP contribution in [0.5, 0.6) is 0 Å². The molecule has 0 saturated heterocycles. The van der Waals surface area contributed by atoms with Crippen LogP contribution in [0.25, 0.3) is 0 Å². The van der Waals surface area contributed by atoms with E-state index < -0.39 is 0 Å². The van der Waals surface area contributed by atoms with Crippen molar-refractivity contribution in [2.24, 2.45) is 52.6 Å². The third-order valence-electron chi connectivity index (χ3n) is 6.34. The van der Waals surface area contributed by atoms with Gasteiger partial charge in [-0.15, -0.1) is 12.4 Å². The van der Waals surface area contributed by atoms with Gasteiger partial charge in [0, 0.05) is 6.04 Å². The summed E-state index contributed by atoms with van der Waals surface area (Å²) < 4.78 is 0. The fraction of sp³-hybridized carbons (Fsp3) is 1.00. The molecular formula is C10H14ClN. The predicted molar refractivity (Wildman–Crippen MR) is 47.8 cm³/mol. The summed E-state index contributed by atoms with van der Waals surface area (Å²) in [6.07, 6.45) is 0. The normalized spacial score (nSPS) is 84.0. The molecule has 2 heteroatoms. The minimum Gasteiger partial charge on any atom is -0.327 e. The highest BCUT2D eigenvalue weighted by atomic mass is 35.5. The average Bonchev–Trinajstić information content (AvgIpc) is 2.05. The molecule has 66 valence electrons. The Morgan fingerprint density at radius 2 is 1.42 bits per heavy atom. The molecule has 0 bridgehead atoms. The first-order valence-corrected chi connectivity index (χ1v) is 5.07. The van der Waals surface area contributed by atoms with Crippen LogP contribution in [0.15, 0.2) is 0 Å². The highest BCUT2D eigenvalue weighted by Crippen LogP contribution is 3.06. The van der Waals surface area contributed by atoms with Crippen molar-refractivity contribution in [3.8, 4) is 0 Å². The van der Waals surface area contributed by atoms with Gasteiger partial charge in [-0.2, -0.15) is 0 Å². The smallest absolute Gasteiger partial charge is 0.00756 e. The highest BCUT2D eigenvalue weighted by Gasteiger charge is 3.04. The zero-order valence-corrected chi connectivity index (χ0v) is 7.92. The van der Waals surface area contributed by atoms with Crippen molar-refractivity contribution in [3.63, 3.8) is 0 Å².